The molecule has 0 aromatic heterocycles. The Bertz CT molecular complexity index is 556. The molecule has 0 atom stereocenters. The maximum Gasteiger partial charge on any atom is 0.358 e. The van der Waals surface area contributed by atoms with E-state index in [1.807, 2.05) is 0 Å². The SMILES string of the molecule is COC(=O)C(=C=O)C(=Nc1ccccc1)C(=O)OC. The lowest BCUT2D eigenvalue weighted by molar-refractivity contribution is -0.137. The van der Waals surface area contributed by atoms with Crippen molar-refractivity contribution >= 4 is 29.3 Å². The minimum Gasteiger partial charge on any atom is -0.465 e. The summed E-state index contributed by atoms with van der Waals surface area (Å²) in [6.45, 7) is 0. The Morgan fingerprint density at radius 1 is 1.05 bits per heavy atom. The Labute approximate surface area is 109 Å². The highest BCUT2D eigenvalue weighted by Gasteiger charge is 2.25. The van der Waals surface area contributed by atoms with Crippen LogP contribution in [-0.4, -0.2) is 37.8 Å². The molecule has 0 aliphatic carbocycles. The molecule has 0 saturated heterocycles. The van der Waals surface area contributed by atoms with Gasteiger partial charge in [0.2, 0.25) is 0 Å². The van der Waals surface area contributed by atoms with Crippen LogP contribution in [0.4, 0.5) is 5.69 Å². The van der Waals surface area contributed by atoms with Gasteiger partial charge in [0.1, 0.15) is 5.94 Å². The Morgan fingerprint density at radius 2 is 1.63 bits per heavy atom. The molecule has 0 aliphatic heterocycles. The van der Waals surface area contributed by atoms with Crippen LogP contribution in [-0.2, 0) is 23.9 Å². The number of methoxy groups -OCH3 is 2. The summed E-state index contributed by atoms with van der Waals surface area (Å²) in [5.74, 6) is -0.579. The Hall–Kier alpha value is -2.72. The summed E-state index contributed by atoms with van der Waals surface area (Å²) in [5, 5.41) is 0. The van der Waals surface area contributed by atoms with Crippen LogP contribution in [0.25, 0.3) is 0 Å². The van der Waals surface area contributed by atoms with Gasteiger partial charge in [-0.15, -0.1) is 0 Å². The monoisotopic (exact) mass is 261 g/mol. The molecule has 0 spiro atoms. The fourth-order valence-electron chi connectivity index (χ4n) is 1.22. The fraction of sp³-hybridized carbons (Fsp3) is 0.154. The molecule has 0 N–H and O–H groups in total. The number of carbonyl (C=O) groups excluding carboxylic acids is 3. The average Bonchev–Trinajstić information content (AvgIpc) is 2.46. The number of esters is 2. The number of para-hydroxylation sites is 1. The standard InChI is InChI=1S/C13H11NO5/c1-18-12(16)10(8-15)11(13(17)19-2)14-9-6-4-3-5-7-9/h3-7H,1-2H3. The van der Waals surface area contributed by atoms with Crippen molar-refractivity contribution < 1.29 is 23.9 Å². The molecule has 0 saturated carbocycles. The molecule has 6 nitrogen and oxygen atoms in total. The molecule has 0 heterocycles. The molecular weight excluding hydrogens is 250 g/mol. The third kappa shape index (κ3) is 3.62. The highest BCUT2D eigenvalue weighted by Crippen LogP contribution is 2.13. The van der Waals surface area contributed by atoms with Gasteiger partial charge in [0, 0.05) is 0 Å². The van der Waals surface area contributed by atoms with Crippen molar-refractivity contribution in [3.63, 3.8) is 0 Å². The summed E-state index contributed by atoms with van der Waals surface area (Å²) in [7, 11) is 2.19. The van der Waals surface area contributed by atoms with E-state index in [0.29, 0.717) is 5.69 Å². The van der Waals surface area contributed by atoms with E-state index in [0.717, 1.165) is 14.2 Å². The van der Waals surface area contributed by atoms with Gasteiger partial charge in [-0.3, -0.25) is 0 Å². The molecule has 0 amide bonds. The molecule has 0 aliphatic rings. The molecule has 0 bridgehead atoms. The lowest BCUT2D eigenvalue weighted by Gasteiger charge is -2.04. The van der Waals surface area contributed by atoms with Crippen LogP contribution in [0.1, 0.15) is 0 Å². The van der Waals surface area contributed by atoms with Gasteiger partial charge in [0.05, 0.1) is 19.9 Å². The van der Waals surface area contributed by atoms with Gasteiger partial charge in [0.15, 0.2) is 11.3 Å². The number of nitrogens with zero attached hydrogens (tertiary/aromatic N) is 1. The predicted molar refractivity (Wildman–Crippen MR) is 66.8 cm³/mol. The van der Waals surface area contributed by atoms with E-state index in [1.165, 1.54) is 5.94 Å². The Balaban J connectivity index is 3.31. The second-order valence-electron chi connectivity index (χ2n) is 3.26. The van der Waals surface area contributed by atoms with Crippen LogP contribution >= 0.6 is 0 Å². The number of hydrogen-bond donors (Lipinski definition) is 0. The first-order chi connectivity index (χ1) is 9.13. The fourth-order valence-corrected chi connectivity index (χ4v) is 1.22. The van der Waals surface area contributed by atoms with Crippen LogP contribution in [0, 0.1) is 0 Å². The maximum absolute atomic E-state index is 11.6. The summed E-state index contributed by atoms with van der Waals surface area (Å²) in [6.07, 6.45) is 0. The molecular formula is C13H11NO5. The largest absolute Gasteiger partial charge is 0.465 e. The van der Waals surface area contributed by atoms with Crippen molar-refractivity contribution in [2.45, 2.75) is 0 Å². The zero-order valence-corrected chi connectivity index (χ0v) is 10.4. The molecule has 1 aromatic carbocycles. The molecule has 0 radical (unpaired) electrons. The van der Waals surface area contributed by atoms with E-state index in [-0.39, 0.29) is 0 Å². The number of ether oxygens (including phenoxy) is 2. The summed E-state index contributed by atoms with van der Waals surface area (Å²) in [5.41, 5.74) is -0.673. The second-order valence-corrected chi connectivity index (χ2v) is 3.26. The quantitative estimate of drug-likeness (QED) is 0.347. The van der Waals surface area contributed by atoms with Gasteiger partial charge < -0.3 is 9.47 Å². The van der Waals surface area contributed by atoms with E-state index in [2.05, 4.69) is 14.5 Å². The summed E-state index contributed by atoms with van der Waals surface area (Å²) in [6, 6.07) is 8.34. The minimum atomic E-state index is -1.00. The first-order valence-corrected chi connectivity index (χ1v) is 5.20. The lowest BCUT2D eigenvalue weighted by Crippen LogP contribution is -2.24. The normalized spacial score (nSPS) is 10.3. The predicted octanol–water partition coefficient (Wildman–Crippen LogP) is 0.863. The van der Waals surface area contributed by atoms with Crippen LogP contribution in [0.2, 0.25) is 0 Å². The Morgan fingerprint density at radius 3 is 2.11 bits per heavy atom. The first-order valence-electron chi connectivity index (χ1n) is 5.20. The second kappa shape index (κ2) is 6.88. The van der Waals surface area contributed by atoms with Crippen molar-refractivity contribution in [3.05, 3.63) is 35.9 Å². The molecule has 1 aromatic rings. The van der Waals surface area contributed by atoms with Crippen LogP contribution < -0.4 is 0 Å². The number of carbonyl (C=O) groups is 2. The van der Waals surface area contributed by atoms with Crippen LogP contribution in [0.15, 0.2) is 40.9 Å². The van der Waals surface area contributed by atoms with Gasteiger partial charge in [0.25, 0.3) is 0 Å². The van der Waals surface area contributed by atoms with E-state index >= 15 is 0 Å². The van der Waals surface area contributed by atoms with Gasteiger partial charge in [-0.25, -0.2) is 19.4 Å². The smallest absolute Gasteiger partial charge is 0.358 e. The zero-order chi connectivity index (χ0) is 14.3. The lowest BCUT2D eigenvalue weighted by atomic mass is 10.1. The summed E-state index contributed by atoms with van der Waals surface area (Å²) in [4.78, 5) is 37.7. The molecule has 0 fully saturated rings. The van der Waals surface area contributed by atoms with Crippen molar-refractivity contribution in [1.29, 1.82) is 0 Å². The first kappa shape index (κ1) is 14.3. The third-order valence-corrected chi connectivity index (χ3v) is 2.10. The molecule has 0 unspecified atom stereocenters. The number of rotatable bonds is 4. The van der Waals surface area contributed by atoms with E-state index in [9.17, 15) is 14.4 Å². The molecule has 19 heavy (non-hydrogen) atoms. The highest BCUT2D eigenvalue weighted by atomic mass is 16.5. The van der Waals surface area contributed by atoms with Crippen molar-refractivity contribution in [2.24, 2.45) is 4.99 Å². The number of hydrogen-bond acceptors (Lipinski definition) is 6. The van der Waals surface area contributed by atoms with Crippen molar-refractivity contribution in [1.82, 2.24) is 0 Å². The number of benzene rings is 1. The van der Waals surface area contributed by atoms with Gasteiger partial charge in [-0.2, -0.15) is 0 Å². The van der Waals surface area contributed by atoms with Crippen molar-refractivity contribution in [3.8, 4) is 0 Å². The van der Waals surface area contributed by atoms with Gasteiger partial charge in [-0.1, -0.05) is 18.2 Å². The zero-order valence-electron chi connectivity index (χ0n) is 10.4. The topological polar surface area (TPSA) is 82.0 Å². The van der Waals surface area contributed by atoms with Crippen LogP contribution in [0.3, 0.4) is 0 Å². The number of aliphatic imine (C=N–C) groups is 1. The van der Waals surface area contributed by atoms with Crippen LogP contribution in [0.5, 0.6) is 0 Å². The van der Waals surface area contributed by atoms with Gasteiger partial charge in [-0.05, 0) is 12.1 Å². The average molecular weight is 261 g/mol. The van der Waals surface area contributed by atoms with Gasteiger partial charge >= 0.3 is 11.9 Å². The van der Waals surface area contributed by atoms with E-state index in [4.69, 9.17) is 0 Å². The third-order valence-electron chi connectivity index (χ3n) is 2.10. The molecule has 98 valence electrons. The highest BCUT2D eigenvalue weighted by molar-refractivity contribution is 6.51. The maximum atomic E-state index is 11.6. The van der Waals surface area contributed by atoms with E-state index in [1.54, 1.807) is 30.3 Å². The Kier molecular flexibility index (Phi) is 5.19. The summed E-state index contributed by atoms with van der Waals surface area (Å²) >= 11 is 0. The minimum absolute atomic E-state index is 0.388. The molecule has 1 rings (SSSR count). The summed E-state index contributed by atoms with van der Waals surface area (Å²) < 4.78 is 8.87. The molecule has 6 heteroatoms. The van der Waals surface area contributed by atoms with Crippen molar-refractivity contribution in [2.75, 3.05) is 14.2 Å². The van der Waals surface area contributed by atoms with E-state index < -0.39 is 23.2 Å².